The quantitative estimate of drug-likeness (QED) is 0.389. The van der Waals surface area contributed by atoms with E-state index < -0.39 is 12.1 Å². The molecule has 4 saturated carbocycles. The predicted octanol–water partition coefficient (Wildman–Crippen LogP) is 2.42. The molecule has 7 heteroatoms. The first kappa shape index (κ1) is 19.7. The molecule has 0 heterocycles. The first-order chi connectivity index (χ1) is 13.3. The highest BCUT2D eigenvalue weighted by atomic mass is 16.5. The largest absolute Gasteiger partial charge is 0.469 e. The molecule has 0 aliphatic heterocycles. The molecule has 4 rings (SSSR count). The highest BCUT2D eigenvalue weighted by molar-refractivity contribution is 5.74. The molecule has 8 atom stereocenters. The minimum atomic E-state index is -0.633. The number of primary amides is 1. The van der Waals surface area contributed by atoms with E-state index in [1.165, 1.54) is 13.5 Å². The summed E-state index contributed by atoms with van der Waals surface area (Å²) in [6, 6.07) is -0.633. The first-order valence-corrected chi connectivity index (χ1v) is 10.6. The van der Waals surface area contributed by atoms with Crippen molar-refractivity contribution in [1.82, 2.24) is 5.43 Å². The minimum absolute atomic E-state index is 0.0305. The standard InChI is InChI=1S/C21H33N3O4/c1-20-10-14(25)7-15(18(26)28-2)16(20)5-6-21-8-12(3-4-17(20)21)13(9-21)11-23-24-19(22)27/h11-17,25H,3-10H2,1-2H3,(H3,22,24,27)/b23-11+/t12-,13+,14-,15-,16-,17+,20-,21+/m1/s1. The van der Waals surface area contributed by atoms with Crippen LogP contribution in [0.5, 0.6) is 0 Å². The van der Waals surface area contributed by atoms with Gasteiger partial charge in [-0.15, -0.1) is 0 Å². The number of fused-ring (bicyclic) bond motifs is 3. The Balaban J connectivity index is 1.59. The van der Waals surface area contributed by atoms with Crippen LogP contribution in [0.15, 0.2) is 5.10 Å². The number of esters is 1. The molecule has 4 aliphatic rings. The van der Waals surface area contributed by atoms with Crippen LogP contribution in [0.3, 0.4) is 0 Å². The Morgan fingerprint density at radius 2 is 2.04 bits per heavy atom. The number of amides is 2. The average molecular weight is 392 g/mol. The highest BCUT2D eigenvalue weighted by Crippen LogP contribution is 2.70. The summed E-state index contributed by atoms with van der Waals surface area (Å²) >= 11 is 0. The molecular weight excluding hydrogens is 358 g/mol. The molecule has 1 spiro atoms. The van der Waals surface area contributed by atoms with Crippen LogP contribution in [0, 0.1) is 40.4 Å². The summed E-state index contributed by atoms with van der Waals surface area (Å²) in [5.74, 6) is 1.42. The molecule has 4 fully saturated rings. The normalized spacial score (nSPS) is 47.2. The summed E-state index contributed by atoms with van der Waals surface area (Å²) in [4.78, 5) is 23.4. The number of methoxy groups -OCH3 is 1. The first-order valence-electron chi connectivity index (χ1n) is 10.6. The number of nitrogens with zero attached hydrogens (tertiary/aromatic N) is 1. The number of aliphatic hydroxyl groups excluding tert-OH is 1. The Bertz CT molecular complexity index is 683. The molecule has 0 radical (unpaired) electrons. The van der Waals surface area contributed by atoms with Gasteiger partial charge in [-0.3, -0.25) is 4.79 Å². The van der Waals surface area contributed by atoms with Gasteiger partial charge >= 0.3 is 12.0 Å². The number of nitrogens with two attached hydrogens (primary N) is 1. The molecule has 28 heavy (non-hydrogen) atoms. The van der Waals surface area contributed by atoms with Gasteiger partial charge in [0.25, 0.3) is 0 Å². The number of urea groups is 1. The Labute approximate surface area is 166 Å². The van der Waals surface area contributed by atoms with Crippen molar-refractivity contribution in [2.75, 3.05) is 7.11 Å². The Morgan fingerprint density at radius 1 is 1.25 bits per heavy atom. The van der Waals surface area contributed by atoms with Crippen LogP contribution in [0.1, 0.15) is 58.3 Å². The lowest BCUT2D eigenvalue weighted by atomic mass is 9.43. The van der Waals surface area contributed by atoms with Gasteiger partial charge in [-0.1, -0.05) is 6.92 Å². The molecule has 2 amide bonds. The van der Waals surface area contributed by atoms with Crippen LogP contribution in [0.2, 0.25) is 0 Å². The number of hydrogen-bond donors (Lipinski definition) is 3. The molecule has 0 aromatic heterocycles. The molecule has 4 N–H and O–H groups in total. The molecule has 156 valence electrons. The van der Waals surface area contributed by atoms with Crippen molar-refractivity contribution in [3.8, 4) is 0 Å². The second kappa shape index (κ2) is 7.01. The van der Waals surface area contributed by atoms with Crippen LogP contribution >= 0.6 is 0 Å². The van der Waals surface area contributed by atoms with Crippen LogP contribution in [0.25, 0.3) is 0 Å². The number of hydrogen-bond acceptors (Lipinski definition) is 5. The Kier molecular flexibility index (Phi) is 4.92. The third-order valence-electron chi connectivity index (χ3n) is 8.71. The lowest BCUT2D eigenvalue weighted by Gasteiger charge is -2.62. The van der Waals surface area contributed by atoms with Crippen LogP contribution in [-0.4, -0.2) is 36.5 Å². The van der Waals surface area contributed by atoms with E-state index in [2.05, 4.69) is 17.5 Å². The highest BCUT2D eigenvalue weighted by Gasteiger charge is 2.64. The van der Waals surface area contributed by atoms with Gasteiger partial charge in [0.1, 0.15) is 0 Å². The van der Waals surface area contributed by atoms with E-state index in [0.29, 0.717) is 30.1 Å². The van der Waals surface area contributed by atoms with Gasteiger partial charge in [-0.05, 0) is 85.9 Å². The summed E-state index contributed by atoms with van der Waals surface area (Å²) in [5, 5.41) is 14.7. The van der Waals surface area contributed by atoms with Crippen molar-refractivity contribution in [2.45, 2.75) is 64.4 Å². The number of carbonyl (C=O) groups excluding carboxylic acids is 2. The number of ether oxygens (including phenoxy) is 1. The van der Waals surface area contributed by atoms with Crippen molar-refractivity contribution in [3.63, 3.8) is 0 Å². The molecule has 7 nitrogen and oxygen atoms in total. The predicted molar refractivity (Wildman–Crippen MR) is 104 cm³/mol. The molecule has 4 aliphatic carbocycles. The topological polar surface area (TPSA) is 114 Å². The maximum atomic E-state index is 12.5. The zero-order valence-electron chi connectivity index (χ0n) is 16.9. The second-order valence-electron chi connectivity index (χ2n) is 9.95. The lowest BCUT2D eigenvalue weighted by molar-refractivity contribution is -0.176. The average Bonchev–Trinajstić information content (AvgIpc) is 2.89. The van der Waals surface area contributed by atoms with Gasteiger partial charge in [0.05, 0.1) is 19.1 Å². The lowest BCUT2D eigenvalue weighted by Crippen LogP contribution is -2.57. The van der Waals surface area contributed by atoms with E-state index in [0.717, 1.165) is 38.5 Å². The van der Waals surface area contributed by atoms with Crippen LogP contribution < -0.4 is 11.2 Å². The van der Waals surface area contributed by atoms with Gasteiger partial charge < -0.3 is 15.6 Å². The number of rotatable bonds is 3. The zero-order chi connectivity index (χ0) is 20.1. The van der Waals surface area contributed by atoms with Crippen molar-refractivity contribution >= 4 is 18.2 Å². The van der Waals surface area contributed by atoms with Crippen molar-refractivity contribution in [2.24, 2.45) is 51.3 Å². The third-order valence-corrected chi connectivity index (χ3v) is 8.71. The summed E-state index contributed by atoms with van der Waals surface area (Å²) in [6.45, 7) is 2.32. The molecule has 0 aromatic carbocycles. The van der Waals surface area contributed by atoms with Crippen LogP contribution in [0.4, 0.5) is 4.79 Å². The Morgan fingerprint density at radius 3 is 2.75 bits per heavy atom. The van der Waals surface area contributed by atoms with Crippen molar-refractivity contribution in [1.29, 1.82) is 0 Å². The fourth-order valence-corrected chi connectivity index (χ4v) is 7.90. The summed E-state index contributed by atoms with van der Waals surface area (Å²) in [5.41, 5.74) is 7.67. The van der Waals surface area contributed by atoms with Crippen molar-refractivity contribution < 1.29 is 19.4 Å². The summed E-state index contributed by atoms with van der Waals surface area (Å²) < 4.78 is 5.10. The van der Waals surface area contributed by atoms with Gasteiger partial charge in [-0.25, -0.2) is 10.2 Å². The van der Waals surface area contributed by atoms with E-state index in [1.807, 2.05) is 6.21 Å². The maximum Gasteiger partial charge on any atom is 0.332 e. The number of hydrazone groups is 1. The fourth-order valence-electron chi connectivity index (χ4n) is 7.90. The second-order valence-corrected chi connectivity index (χ2v) is 9.95. The fraction of sp³-hybridized carbons (Fsp3) is 0.857. The number of carbonyl (C=O) groups is 2. The van der Waals surface area contributed by atoms with E-state index in [-0.39, 0.29) is 22.7 Å². The molecule has 0 unspecified atom stereocenters. The SMILES string of the molecule is COC(=O)[C@@H]1C[C@@H](O)C[C@]2(C)[C@@H]1CC[C@@]13C[C@@H](CC[C@H]12)[C@H](/C=N/NC(N)=O)C3. The Hall–Kier alpha value is -1.63. The van der Waals surface area contributed by atoms with Crippen LogP contribution in [-0.2, 0) is 9.53 Å². The molecule has 2 bridgehead atoms. The number of aliphatic hydroxyl groups is 1. The maximum absolute atomic E-state index is 12.5. The van der Waals surface area contributed by atoms with Gasteiger partial charge in [-0.2, -0.15) is 5.10 Å². The summed E-state index contributed by atoms with van der Waals surface area (Å²) in [6.07, 6.45) is 9.46. The van der Waals surface area contributed by atoms with Crippen molar-refractivity contribution in [3.05, 3.63) is 0 Å². The van der Waals surface area contributed by atoms with E-state index >= 15 is 0 Å². The molecule has 0 aromatic rings. The smallest absolute Gasteiger partial charge is 0.332 e. The third kappa shape index (κ3) is 3.02. The molecule has 0 saturated heterocycles. The van der Waals surface area contributed by atoms with E-state index in [1.54, 1.807) is 0 Å². The van der Waals surface area contributed by atoms with E-state index in [4.69, 9.17) is 10.5 Å². The van der Waals surface area contributed by atoms with Gasteiger partial charge in [0, 0.05) is 6.21 Å². The van der Waals surface area contributed by atoms with Gasteiger partial charge in [0.2, 0.25) is 0 Å². The van der Waals surface area contributed by atoms with Gasteiger partial charge in [0.15, 0.2) is 0 Å². The zero-order valence-corrected chi connectivity index (χ0v) is 16.9. The van der Waals surface area contributed by atoms with E-state index in [9.17, 15) is 14.7 Å². The minimum Gasteiger partial charge on any atom is -0.469 e. The monoisotopic (exact) mass is 391 g/mol. The summed E-state index contributed by atoms with van der Waals surface area (Å²) in [7, 11) is 1.46. The molecular formula is C21H33N3O4. The number of nitrogens with one attached hydrogen (secondary N) is 1.